The predicted octanol–water partition coefficient (Wildman–Crippen LogP) is 4.34. The van der Waals surface area contributed by atoms with Crippen molar-refractivity contribution in [1.82, 2.24) is 9.97 Å². The summed E-state index contributed by atoms with van der Waals surface area (Å²) in [6, 6.07) is 13.6. The first-order valence-corrected chi connectivity index (χ1v) is 10.1. The molecule has 30 heavy (non-hydrogen) atoms. The van der Waals surface area contributed by atoms with E-state index in [9.17, 15) is 9.18 Å². The van der Waals surface area contributed by atoms with Crippen LogP contribution in [0.5, 0.6) is 11.5 Å². The van der Waals surface area contributed by atoms with Gasteiger partial charge in [-0.15, -0.1) is 0 Å². The van der Waals surface area contributed by atoms with Gasteiger partial charge in [-0.1, -0.05) is 23.5 Å². The van der Waals surface area contributed by atoms with Crippen LogP contribution in [0.3, 0.4) is 0 Å². The molecule has 0 atom stereocenters. The van der Waals surface area contributed by atoms with Crippen LogP contribution in [-0.4, -0.2) is 22.7 Å². The standard InChI is InChI=1S/C22H16FN3O3S/c23-16-4-5-17-20(10-16)30-22(25-17)26(12-15-2-1-7-24-11-15)21(27)9-14-3-6-18-19(8-14)29-13-28-18/h1-8,10-11H,9,12-13H2. The Labute approximate surface area is 175 Å². The van der Waals surface area contributed by atoms with Gasteiger partial charge in [-0.3, -0.25) is 14.7 Å². The summed E-state index contributed by atoms with van der Waals surface area (Å²) < 4.78 is 25.1. The van der Waals surface area contributed by atoms with Crippen LogP contribution >= 0.6 is 11.3 Å². The highest BCUT2D eigenvalue weighted by Gasteiger charge is 2.22. The van der Waals surface area contributed by atoms with Crippen LogP contribution in [0, 0.1) is 5.82 Å². The lowest BCUT2D eigenvalue weighted by Gasteiger charge is -2.20. The molecule has 0 bridgehead atoms. The molecule has 1 amide bonds. The number of benzene rings is 2. The number of hydrogen-bond donors (Lipinski definition) is 0. The van der Waals surface area contributed by atoms with Gasteiger partial charge in [-0.2, -0.15) is 0 Å². The maximum atomic E-state index is 13.6. The summed E-state index contributed by atoms with van der Waals surface area (Å²) in [5.74, 6) is 0.849. The highest BCUT2D eigenvalue weighted by molar-refractivity contribution is 7.22. The zero-order chi connectivity index (χ0) is 20.5. The summed E-state index contributed by atoms with van der Waals surface area (Å²) in [7, 11) is 0. The Morgan fingerprint density at radius 1 is 1.10 bits per heavy atom. The number of fused-ring (bicyclic) bond motifs is 2. The fourth-order valence-electron chi connectivity index (χ4n) is 3.26. The molecule has 150 valence electrons. The minimum absolute atomic E-state index is 0.128. The molecule has 3 heterocycles. The van der Waals surface area contributed by atoms with E-state index in [1.54, 1.807) is 29.4 Å². The van der Waals surface area contributed by atoms with Crippen LogP contribution in [0.15, 0.2) is 60.9 Å². The van der Waals surface area contributed by atoms with E-state index in [1.807, 2.05) is 24.3 Å². The molecule has 0 aliphatic carbocycles. The maximum Gasteiger partial charge on any atom is 0.233 e. The van der Waals surface area contributed by atoms with Gasteiger partial charge < -0.3 is 9.47 Å². The topological polar surface area (TPSA) is 64.6 Å². The van der Waals surface area contributed by atoms with Gasteiger partial charge in [0.05, 0.1) is 23.2 Å². The third-order valence-electron chi connectivity index (χ3n) is 4.73. The smallest absolute Gasteiger partial charge is 0.233 e. The second kappa shape index (κ2) is 7.72. The summed E-state index contributed by atoms with van der Waals surface area (Å²) in [5, 5.41) is 0.519. The molecular formula is C22H16FN3O3S. The summed E-state index contributed by atoms with van der Waals surface area (Å²) in [4.78, 5) is 23.6. The molecule has 0 saturated carbocycles. The Balaban J connectivity index is 1.47. The fraction of sp³-hybridized carbons (Fsp3) is 0.136. The summed E-state index contributed by atoms with van der Waals surface area (Å²) in [6.07, 6.45) is 3.57. The Morgan fingerprint density at radius 3 is 2.87 bits per heavy atom. The van der Waals surface area contributed by atoms with E-state index < -0.39 is 0 Å². The van der Waals surface area contributed by atoms with Crippen LogP contribution in [-0.2, 0) is 17.8 Å². The Morgan fingerprint density at radius 2 is 2.00 bits per heavy atom. The minimum atomic E-state index is -0.330. The van der Waals surface area contributed by atoms with Crippen LogP contribution in [0.1, 0.15) is 11.1 Å². The van der Waals surface area contributed by atoms with Crippen molar-refractivity contribution in [3.05, 3.63) is 77.9 Å². The Bertz CT molecular complexity index is 1230. The van der Waals surface area contributed by atoms with Crippen molar-refractivity contribution in [3.8, 4) is 11.5 Å². The van der Waals surface area contributed by atoms with Gasteiger partial charge >= 0.3 is 0 Å². The normalized spacial score (nSPS) is 12.3. The number of rotatable bonds is 5. The third kappa shape index (κ3) is 3.69. The molecule has 2 aromatic carbocycles. The average Bonchev–Trinajstić information content (AvgIpc) is 3.38. The highest BCUT2D eigenvalue weighted by Crippen LogP contribution is 2.34. The number of anilines is 1. The molecule has 1 aliphatic rings. The molecule has 6 nitrogen and oxygen atoms in total. The third-order valence-corrected chi connectivity index (χ3v) is 5.77. The van der Waals surface area contributed by atoms with E-state index >= 15 is 0 Å². The first kappa shape index (κ1) is 18.5. The van der Waals surface area contributed by atoms with E-state index in [2.05, 4.69) is 9.97 Å². The fourth-order valence-corrected chi connectivity index (χ4v) is 4.27. The lowest BCUT2D eigenvalue weighted by Crippen LogP contribution is -2.31. The quantitative estimate of drug-likeness (QED) is 0.480. The molecule has 0 radical (unpaired) electrons. The lowest BCUT2D eigenvalue weighted by molar-refractivity contribution is -0.118. The molecule has 5 rings (SSSR count). The molecule has 8 heteroatoms. The number of halogens is 1. The van der Waals surface area contributed by atoms with Gasteiger partial charge in [0.25, 0.3) is 0 Å². The SMILES string of the molecule is O=C(Cc1ccc2c(c1)OCO2)N(Cc1cccnc1)c1nc2ccc(F)cc2s1. The molecule has 2 aromatic heterocycles. The van der Waals surface area contributed by atoms with Crippen molar-refractivity contribution in [3.63, 3.8) is 0 Å². The average molecular weight is 421 g/mol. The molecule has 0 fully saturated rings. The number of carbonyl (C=O) groups is 1. The zero-order valence-electron chi connectivity index (χ0n) is 15.7. The van der Waals surface area contributed by atoms with Crippen LogP contribution < -0.4 is 14.4 Å². The molecular weight excluding hydrogens is 405 g/mol. The van der Waals surface area contributed by atoms with E-state index in [-0.39, 0.29) is 24.9 Å². The first-order chi connectivity index (χ1) is 14.7. The van der Waals surface area contributed by atoms with E-state index in [4.69, 9.17) is 9.47 Å². The van der Waals surface area contributed by atoms with Gasteiger partial charge in [0.15, 0.2) is 16.6 Å². The van der Waals surface area contributed by atoms with Crippen molar-refractivity contribution < 1.29 is 18.7 Å². The second-order valence-corrected chi connectivity index (χ2v) is 7.82. The summed E-state index contributed by atoms with van der Waals surface area (Å²) >= 11 is 1.29. The summed E-state index contributed by atoms with van der Waals surface area (Å²) in [5.41, 5.74) is 2.35. The number of hydrogen-bond acceptors (Lipinski definition) is 6. The van der Waals surface area contributed by atoms with Crippen molar-refractivity contribution in [1.29, 1.82) is 0 Å². The second-order valence-electron chi connectivity index (χ2n) is 6.81. The Hall–Kier alpha value is -3.52. The first-order valence-electron chi connectivity index (χ1n) is 9.29. The van der Waals surface area contributed by atoms with Gasteiger partial charge in [0.2, 0.25) is 12.7 Å². The number of nitrogens with zero attached hydrogens (tertiary/aromatic N) is 3. The predicted molar refractivity (Wildman–Crippen MR) is 111 cm³/mol. The Kier molecular flexibility index (Phi) is 4.76. The van der Waals surface area contributed by atoms with Crippen LogP contribution in [0.2, 0.25) is 0 Å². The summed E-state index contributed by atoms with van der Waals surface area (Å²) in [6.45, 7) is 0.502. The van der Waals surface area contributed by atoms with Gasteiger partial charge in [0.1, 0.15) is 5.82 Å². The minimum Gasteiger partial charge on any atom is -0.454 e. The number of ether oxygens (including phenoxy) is 2. The number of aromatic nitrogens is 2. The lowest BCUT2D eigenvalue weighted by atomic mass is 10.1. The largest absolute Gasteiger partial charge is 0.454 e. The number of carbonyl (C=O) groups excluding carboxylic acids is 1. The van der Waals surface area contributed by atoms with Gasteiger partial charge in [-0.05, 0) is 47.5 Å². The monoisotopic (exact) mass is 421 g/mol. The van der Waals surface area contributed by atoms with E-state index in [0.717, 1.165) is 11.1 Å². The molecule has 0 unspecified atom stereocenters. The maximum absolute atomic E-state index is 13.6. The van der Waals surface area contributed by atoms with Crippen LogP contribution in [0.4, 0.5) is 9.52 Å². The molecule has 0 spiro atoms. The number of thiazole rings is 1. The number of pyridine rings is 1. The van der Waals surface area contributed by atoms with E-state index in [1.165, 1.54) is 23.5 Å². The van der Waals surface area contributed by atoms with Crippen molar-refractivity contribution in [2.75, 3.05) is 11.7 Å². The highest BCUT2D eigenvalue weighted by atomic mass is 32.1. The van der Waals surface area contributed by atoms with Crippen molar-refractivity contribution in [2.45, 2.75) is 13.0 Å². The molecule has 4 aromatic rings. The van der Waals surface area contributed by atoms with Crippen LogP contribution in [0.25, 0.3) is 10.2 Å². The van der Waals surface area contributed by atoms with Crippen molar-refractivity contribution in [2.24, 2.45) is 0 Å². The molecule has 0 saturated heterocycles. The van der Waals surface area contributed by atoms with E-state index in [0.29, 0.717) is 33.4 Å². The zero-order valence-corrected chi connectivity index (χ0v) is 16.6. The van der Waals surface area contributed by atoms with Crippen molar-refractivity contribution >= 4 is 32.6 Å². The molecule has 1 aliphatic heterocycles. The van der Waals surface area contributed by atoms with Gasteiger partial charge in [0, 0.05) is 12.4 Å². The molecule has 0 N–H and O–H groups in total. The van der Waals surface area contributed by atoms with Gasteiger partial charge in [-0.25, -0.2) is 9.37 Å². The number of amides is 1.